The van der Waals surface area contributed by atoms with Crippen LogP contribution in [-0.4, -0.2) is 16.2 Å². The molecule has 0 saturated carbocycles. The number of fused-ring (bicyclic) bond motifs is 1. The van der Waals surface area contributed by atoms with E-state index in [0.717, 1.165) is 49.5 Å². The summed E-state index contributed by atoms with van der Waals surface area (Å²) in [5.41, 5.74) is 6.21. The van der Waals surface area contributed by atoms with Crippen molar-refractivity contribution < 1.29 is 4.74 Å². The number of unbranched alkanes of at least 4 members (excludes halogenated alkanes) is 1. The summed E-state index contributed by atoms with van der Waals surface area (Å²) in [4.78, 5) is 5.05. The summed E-state index contributed by atoms with van der Waals surface area (Å²) in [5.74, 6) is 3.05. The number of aromatic nitrogens is 2. The topological polar surface area (TPSA) is 27.1 Å². The van der Waals surface area contributed by atoms with Gasteiger partial charge in [-0.2, -0.15) is 0 Å². The summed E-state index contributed by atoms with van der Waals surface area (Å²) in [5, 5.41) is 0. The van der Waals surface area contributed by atoms with Crippen LogP contribution in [0.15, 0.2) is 72.8 Å². The number of hydrogen-bond donors (Lipinski definition) is 0. The van der Waals surface area contributed by atoms with Crippen molar-refractivity contribution in [3.63, 3.8) is 0 Å². The Labute approximate surface area is 198 Å². The predicted octanol–water partition coefficient (Wildman–Crippen LogP) is 7.55. The molecule has 0 bridgehead atoms. The molecule has 0 aliphatic heterocycles. The molecule has 3 nitrogen and oxygen atoms in total. The van der Waals surface area contributed by atoms with Gasteiger partial charge in [-0.1, -0.05) is 75.4 Å². The molecular weight excluding hydrogens is 404 g/mol. The van der Waals surface area contributed by atoms with Crippen molar-refractivity contribution in [1.82, 2.24) is 9.55 Å². The van der Waals surface area contributed by atoms with Crippen LogP contribution in [0.4, 0.5) is 0 Å². The van der Waals surface area contributed by atoms with Crippen molar-refractivity contribution in [2.45, 2.75) is 59.4 Å². The third-order valence-electron chi connectivity index (χ3n) is 6.32. The Morgan fingerprint density at radius 2 is 1.58 bits per heavy atom. The van der Waals surface area contributed by atoms with Gasteiger partial charge >= 0.3 is 0 Å². The van der Waals surface area contributed by atoms with Crippen LogP contribution in [0.25, 0.3) is 11.0 Å². The number of aryl methyl sites for hydroxylation is 2. The van der Waals surface area contributed by atoms with E-state index in [1.54, 1.807) is 0 Å². The molecule has 0 saturated heterocycles. The molecule has 1 atom stereocenters. The summed E-state index contributed by atoms with van der Waals surface area (Å²) in [6.45, 7) is 10.6. The zero-order valence-electron chi connectivity index (χ0n) is 20.4. The highest BCUT2D eigenvalue weighted by atomic mass is 16.5. The quantitative estimate of drug-likeness (QED) is 0.238. The molecule has 1 aromatic heterocycles. The summed E-state index contributed by atoms with van der Waals surface area (Å²) in [7, 11) is 0. The van der Waals surface area contributed by atoms with Gasteiger partial charge in [0.2, 0.25) is 0 Å². The summed E-state index contributed by atoms with van der Waals surface area (Å²) in [6, 6.07) is 25.8. The molecule has 0 aliphatic rings. The molecule has 0 N–H and O–H groups in total. The lowest BCUT2D eigenvalue weighted by Gasteiger charge is -2.16. The average molecular weight is 441 g/mol. The fraction of sp³-hybridized carbons (Fsp3) is 0.367. The van der Waals surface area contributed by atoms with E-state index in [1.807, 2.05) is 18.2 Å². The van der Waals surface area contributed by atoms with Crippen LogP contribution in [0, 0.1) is 12.8 Å². The number of imidazole rings is 1. The highest BCUT2D eigenvalue weighted by Gasteiger charge is 2.18. The Hall–Kier alpha value is -3.07. The van der Waals surface area contributed by atoms with Crippen molar-refractivity contribution >= 4 is 11.0 Å². The van der Waals surface area contributed by atoms with Crippen LogP contribution in [0.1, 0.15) is 62.0 Å². The first kappa shape index (κ1) is 23.1. The molecule has 1 heterocycles. The number of benzene rings is 3. The minimum Gasteiger partial charge on any atom is -0.493 e. The van der Waals surface area contributed by atoms with Crippen LogP contribution in [0.5, 0.6) is 5.75 Å². The molecule has 0 fully saturated rings. The van der Waals surface area contributed by atoms with Gasteiger partial charge in [-0.3, -0.25) is 0 Å². The van der Waals surface area contributed by atoms with E-state index in [2.05, 4.69) is 86.9 Å². The van der Waals surface area contributed by atoms with Gasteiger partial charge in [0.25, 0.3) is 0 Å². The van der Waals surface area contributed by atoms with E-state index in [0.29, 0.717) is 5.92 Å². The van der Waals surface area contributed by atoms with Crippen LogP contribution in [0.3, 0.4) is 0 Å². The van der Waals surface area contributed by atoms with Crippen molar-refractivity contribution in [3.05, 3.63) is 95.3 Å². The normalized spacial score (nSPS) is 12.4. The number of hydrogen-bond acceptors (Lipinski definition) is 2. The van der Waals surface area contributed by atoms with Crippen LogP contribution < -0.4 is 4.74 Å². The molecule has 0 aliphatic carbocycles. The van der Waals surface area contributed by atoms with E-state index in [1.165, 1.54) is 22.2 Å². The number of nitrogens with zero attached hydrogens (tertiary/aromatic N) is 2. The molecule has 4 aromatic rings. The lowest BCUT2D eigenvalue weighted by molar-refractivity contribution is 0.301. The van der Waals surface area contributed by atoms with Gasteiger partial charge < -0.3 is 9.30 Å². The molecule has 0 amide bonds. The maximum atomic E-state index is 6.00. The second-order valence-electron chi connectivity index (χ2n) is 9.49. The lowest BCUT2D eigenvalue weighted by atomic mass is 9.96. The molecule has 33 heavy (non-hydrogen) atoms. The Balaban J connectivity index is 1.46. The van der Waals surface area contributed by atoms with Gasteiger partial charge in [-0.15, -0.1) is 0 Å². The largest absolute Gasteiger partial charge is 0.493 e. The maximum Gasteiger partial charge on any atom is 0.122 e. The Morgan fingerprint density at radius 3 is 2.33 bits per heavy atom. The molecule has 3 heteroatoms. The van der Waals surface area contributed by atoms with Gasteiger partial charge in [0.1, 0.15) is 11.6 Å². The molecule has 0 spiro atoms. The minimum atomic E-state index is 0.244. The third-order valence-corrected chi connectivity index (χ3v) is 6.32. The van der Waals surface area contributed by atoms with E-state index >= 15 is 0 Å². The Morgan fingerprint density at radius 1 is 0.848 bits per heavy atom. The minimum absolute atomic E-state index is 0.244. The first-order valence-electron chi connectivity index (χ1n) is 12.3. The van der Waals surface area contributed by atoms with Crippen LogP contribution in [-0.2, 0) is 13.0 Å². The molecule has 0 radical (unpaired) electrons. The SMILES string of the molecule is Cc1ccccc1OCCCCn1c(C(C)c2ccc(CC(C)C)cc2)nc2ccccc21. The highest BCUT2D eigenvalue weighted by Crippen LogP contribution is 2.28. The summed E-state index contributed by atoms with van der Waals surface area (Å²) < 4.78 is 8.42. The number of para-hydroxylation sites is 3. The first-order chi connectivity index (χ1) is 16.0. The molecule has 172 valence electrons. The first-order valence-corrected chi connectivity index (χ1v) is 12.3. The lowest BCUT2D eigenvalue weighted by Crippen LogP contribution is -2.10. The number of rotatable bonds is 10. The highest BCUT2D eigenvalue weighted by molar-refractivity contribution is 5.76. The van der Waals surface area contributed by atoms with Gasteiger partial charge in [-0.05, 0) is 67.0 Å². The monoisotopic (exact) mass is 440 g/mol. The van der Waals surface area contributed by atoms with Crippen molar-refractivity contribution in [1.29, 1.82) is 0 Å². The van der Waals surface area contributed by atoms with Crippen molar-refractivity contribution in [2.75, 3.05) is 6.61 Å². The maximum absolute atomic E-state index is 6.00. The fourth-order valence-electron chi connectivity index (χ4n) is 4.50. The zero-order chi connectivity index (χ0) is 23.2. The smallest absolute Gasteiger partial charge is 0.122 e. The average Bonchev–Trinajstić information content (AvgIpc) is 3.18. The number of ether oxygens (including phenoxy) is 1. The van der Waals surface area contributed by atoms with Crippen LogP contribution in [0.2, 0.25) is 0 Å². The van der Waals surface area contributed by atoms with Crippen LogP contribution >= 0.6 is 0 Å². The van der Waals surface area contributed by atoms with Gasteiger partial charge in [0.15, 0.2) is 0 Å². The Bertz CT molecular complexity index is 1170. The Kier molecular flexibility index (Phi) is 7.49. The second kappa shape index (κ2) is 10.7. The van der Waals surface area contributed by atoms with Gasteiger partial charge in [-0.25, -0.2) is 4.98 Å². The standard InChI is InChI=1S/C30H36N2O/c1-22(2)21-25-15-17-26(18-16-25)24(4)30-31-27-12-6-7-13-28(27)32(30)19-9-10-20-33-29-14-8-5-11-23(29)3/h5-8,11-18,22,24H,9-10,19-21H2,1-4H3. The fourth-order valence-corrected chi connectivity index (χ4v) is 4.50. The molecule has 3 aromatic carbocycles. The summed E-state index contributed by atoms with van der Waals surface area (Å²) >= 11 is 0. The van der Waals surface area contributed by atoms with Gasteiger partial charge in [0.05, 0.1) is 17.6 Å². The molecule has 4 rings (SSSR count). The van der Waals surface area contributed by atoms with E-state index < -0.39 is 0 Å². The second-order valence-corrected chi connectivity index (χ2v) is 9.49. The zero-order valence-corrected chi connectivity index (χ0v) is 20.4. The van der Waals surface area contributed by atoms with Crippen molar-refractivity contribution in [2.24, 2.45) is 5.92 Å². The molecular formula is C30H36N2O. The van der Waals surface area contributed by atoms with E-state index in [4.69, 9.17) is 9.72 Å². The van der Waals surface area contributed by atoms with Crippen molar-refractivity contribution in [3.8, 4) is 5.75 Å². The summed E-state index contributed by atoms with van der Waals surface area (Å²) in [6.07, 6.45) is 3.19. The van der Waals surface area contributed by atoms with Gasteiger partial charge in [0, 0.05) is 12.5 Å². The van der Waals surface area contributed by atoms with E-state index in [-0.39, 0.29) is 5.92 Å². The third kappa shape index (κ3) is 5.65. The predicted molar refractivity (Wildman–Crippen MR) is 138 cm³/mol. The van der Waals surface area contributed by atoms with E-state index in [9.17, 15) is 0 Å². The molecule has 1 unspecified atom stereocenters.